The number of hydrogen-bond acceptors (Lipinski definition) is 2. The Labute approximate surface area is 141 Å². The third-order valence-corrected chi connectivity index (χ3v) is 4.68. The van der Waals surface area contributed by atoms with E-state index >= 15 is 0 Å². The summed E-state index contributed by atoms with van der Waals surface area (Å²) in [5.74, 6) is 0. The molecule has 1 aliphatic rings. The Hall–Kier alpha value is -0.780. The van der Waals surface area contributed by atoms with E-state index in [0.717, 1.165) is 57.4 Å². The maximum Gasteiger partial charge on any atom is 0.417 e. The van der Waals surface area contributed by atoms with Crippen LogP contribution in [0.5, 0.6) is 0 Å². The molecule has 0 aromatic heterocycles. The molecule has 0 aliphatic carbocycles. The second-order valence-corrected chi connectivity index (χ2v) is 6.44. The van der Waals surface area contributed by atoms with E-state index in [0.29, 0.717) is 0 Å². The number of piperazine rings is 1. The number of unbranched alkanes of at least 4 members (excludes halogenated alkanes) is 2. The normalized spacial score (nSPS) is 18.1. The van der Waals surface area contributed by atoms with E-state index in [4.69, 9.17) is 11.6 Å². The molecule has 0 unspecified atom stereocenters. The van der Waals surface area contributed by atoms with Crippen LogP contribution in [0.2, 0.25) is 5.02 Å². The van der Waals surface area contributed by atoms with Crippen molar-refractivity contribution in [2.75, 3.05) is 26.2 Å². The molecule has 1 saturated heterocycles. The molecule has 0 bridgehead atoms. The van der Waals surface area contributed by atoms with Crippen LogP contribution in [-0.2, 0) is 6.18 Å². The van der Waals surface area contributed by atoms with Crippen LogP contribution >= 0.6 is 11.6 Å². The molecule has 0 radical (unpaired) electrons. The van der Waals surface area contributed by atoms with E-state index in [9.17, 15) is 13.2 Å². The Kier molecular flexibility index (Phi) is 6.74. The summed E-state index contributed by atoms with van der Waals surface area (Å²) in [5, 5.41) is 3.06. The summed E-state index contributed by atoms with van der Waals surface area (Å²) in [7, 11) is 0. The van der Waals surface area contributed by atoms with E-state index < -0.39 is 11.7 Å². The van der Waals surface area contributed by atoms with Crippen molar-refractivity contribution < 1.29 is 13.2 Å². The van der Waals surface area contributed by atoms with Gasteiger partial charge in [-0.15, -0.1) is 0 Å². The third-order valence-electron chi connectivity index (χ3n) is 4.35. The van der Waals surface area contributed by atoms with E-state index in [1.54, 1.807) is 6.07 Å². The van der Waals surface area contributed by atoms with Crippen molar-refractivity contribution in [3.63, 3.8) is 0 Å². The average molecular weight is 349 g/mol. The van der Waals surface area contributed by atoms with Gasteiger partial charge in [0.1, 0.15) is 0 Å². The number of nitrogens with one attached hydrogen (secondary N) is 1. The number of hydrogen-bond donors (Lipinski definition) is 1. The zero-order chi connectivity index (χ0) is 16.9. The van der Waals surface area contributed by atoms with Gasteiger partial charge in [0.15, 0.2) is 0 Å². The van der Waals surface area contributed by atoms with Gasteiger partial charge in [-0.1, -0.05) is 43.9 Å². The fourth-order valence-corrected chi connectivity index (χ4v) is 3.33. The summed E-state index contributed by atoms with van der Waals surface area (Å²) in [6.45, 7) is 5.61. The third kappa shape index (κ3) is 5.10. The van der Waals surface area contributed by atoms with Gasteiger partial charge in [0.05, 0.1) is 10.6 Å². The largest absolute Gasteiger partial charge is 0.417 e. The lowest BCUT2D eigenvalue weighted by Gasteiger charge is -2.35. The zero-order valence-electron chi connectivity index (χ0n) is 13.4. The highest BCUT2D eigenvalue weighted by molar-refractivity contribution is 6.31. The van der Waals surface area contributed by atoms with Gasteiger partial charge in [0, 0.05) is 32.2 Å². The van der Waals surface area contributed by atoms with Gasteiger partial charge in [-0.25, -0.2) is 0 Å². The highest BCUT2D eigenvalue weighted by atomic mass is 35.5. The first-order chi connectivity index (χ1) is 10.9. The molecule has 2 rings (SSSR count). The summed E-state index contributed by atoms with van der Waals surface area (Å²) in [4.78, 5) is 2.29. The van der Waals surface area contributed by atoms with Crippen LogP contribution in [-0.4, -0.2) is 31.1 Å². The highest BCUT2D eigenvalue weighted by Gasteiger charge is 2.34. The molecule has 1 atom stereocenters. The summed E-state index contributed by atoms with van der Waals surface area (Å²) < 4.78 is 39.4. The number of rotatable bonds is 6. The lowest BCUT2D eigenvalue weighted by Crippen LogP contribution is -2.45. The molecule has 0 spiro atoms. The van der Waals surface area contributed by atoms with Crippen LogP contribution in [0.4, 0.5) is 13.2 Å². The smallest absolute Gasteiger partial charge is 0.314 e. The molecule has 1 aromatic carbocycles. The lowest BCUT2D eigenvalue weighted by atomic mass is 9.96. The highest BCUT2D eigenvalue weighted by Crippen LogP contribution is 2.38. The molecular formula is C17H24ClF3N2. The molecule has 0 saturated carbocycles. The molecule has 130 valence electrons. The lowest BCUT2D eigenvalue weighted by molar-refractivity contribution is -0.137. The number of alkyl halides is 3. The predicted octanol–water partition coefficient (Wildman–Crippen LogP) is 4.89. The van der Waals surface area contributed by atoms with E-state index in [1.807, 2.05) is 0 Å². The van der Waals surface area contributed by atoms with Crippen molar-refractivity contribution in [2.45, 2.75) is 44.8 Å². The van der Waals surface area contributed by atoms with E-state index in [1.165, 1.54) is 12.1 Å². The number of benzene rings is 1. The first kappa shape index (κ1) is 18.6. The Morgan fingerprint density at radius 2 is 1.91 bits per heavy atom. The minimum absolute atomic E-state index is 0.0296. The van der Waals surface area contributed by atoms with Crippen LogP contribution < -0.4 is 5.32 Å². The minimum Gasteiger partial charge on any atom is -0.314 e. The number of halogens is 4. The topological polar surface area (TPSA) is 15.3 Å². The molecule has 1 aromatic rings. The first-order valence-electron chi connectivity index (χ1n) is 8.25. The predicted molar refractivity (Wildman–Crippen MR) is 87.8 cm³/mol. The van der Waals surface area contributed by atoms with Gasteiger partial charge in [-0.3, -0.25) is 4.90 Å². The molecule has 23 heavy (non-hydrogen) atoms. The fraction of sp³-hybridized carbons (Fsp3) is 0.647. The Morgan fingerprint density at radius 1 is 1.22 bits per heavy atom. The minimum atomic E-state index is -4.41. The molecule has 6 heteroatoms. The summed E-state index contributed by atoms with van der Waals surface area (Å²) in [5.41, 5.74) is -0.00739. The van der Waals surface area contributed by atoms with Crippen LogP contribution in [0.25, 0.3) is 0 Å². The maximum absolute atomic E-state index is 13.1. The van der Waals surface area contributed by atoms with Gasteiger partial charge in [-0.2, -0.15) is 13.2 Å². The fourth-order valence-electron chi connectivity index (χ4n) is 3.11. The molecule has 1 N–H and O–H groups in total. The zero-order valence-corrected chi connectivity index (χ0v) is 14.2. The summed E-state index contributed by atoms with van der Waals surface area (Å²) in [6, 6.07) is 4.40. The van der Waals surface area contributed by atoms with Crippen LogP contribution in [0.15, 0.2) is 18.2 Å². The second kappa shape index (κ2) is 8.36. The SMILES string of the molecule is CCCCC[C@@H](c1ccc(Cl)c(C(F)(F)F)c1)N1CCNCC1. The molecule has 1 aliphatic heterocycles. The quantitative estimate of drug-likeness (QED) is 0.737. The van der Waals surface area contributed by atoms with Crippen molar-refractivity contribution in [3.8, 4) is 0 Å². The van der Waals surface area contributed by atoms with Crippen LogP contribution in [0.3, 0.4) is 0 Å². The standard InChI is InChI=1S/C17H24ClF3N2/c1-2-3-4-5-16(23-10-8-22-9-11-23)13-6-7-15(18)14(12-13)17(19,20)21/h6-7,12,16,22H,2-5,8-11H2,1H3/t16-/m0/s1. The van der Waals surface area contributed by atoms with Crippen molar-refractivity contribution in [1.82, 2.24) is 10.2 Å². The van der Waals surface area contributed by atoms with Gasteiger partial charge in [-0.05, 0) is 24.1 Å². The molecule has 0 amide bonds. The van der Waals surface area contributed by atoms with Crippen LogP contribution in [0, 0.1) is 0 Å². The van der Waals surface area contributed by atoms with E-state index in [-0.39, 0.29) is 11.1 Å². The molecule has 1 heterocycles. The summed E-state index contributed by atoms with van der Waals surface area (Å²) in [6.07, 6.45) is -0.308. The summed E-state index contributed by atoms with van der Waals surface area (Å²) >= 11 is 5.75. The molecule has 2 nitrogen and oxygen atoms in total. The Bertz CT molecular complexity index is 499. The second-order valence-electron chi connectivity index (χ2n) is 6.03. The number of nitrogens with zero attached hydrogens (tertiary/aromatic N) is 1. The van der Waals surface area contributed by atoms with E-state index in [2.05, 4.69) is 17.1 Å². The van der Waals surface area contributed by atoms with Gasteiger partial charge in [0.2, 0.25) is 0 Å². The maximum atomic E-state index is 13.1. The molecule has 1 fully saturated rings. The van der Waals surface area contributed by atoms with Crippen molar-refractivity contribution in [1.29, 1.82) is 0 Å². The van der Waals surface area contributed by atoms with Crippen molar-refractivity contribution in [2.24, 2.45) is 0 Å². The average Bonchev–Trinajstić information content (AvgIpc) is 2.52. The first-order valence-corrected chi connectivity index (χ1v) is 8.62. The Balaban J connectivity index is 2.26. The van der Waals surface area contributed by atoms with Gasteiger partial charge < -0.3 is 5.32 Å². The Morgan fingerprint density at radius 3 is 2.52 bits per heavy atom. The van der Waals surface area contributed by atoms with Crippen molar-refractivity contribution in [3.05, 3.63) is 34.3 Å². The van der Waals surface area contributed by atoms with Gasteiger partial charge in [0.25, 0.3) is 0 Å². The monoisotopic (exact) mass is 348 g/mol. The van der Waals surface area contributed by atoms with Gasteiger partial charge >= 0.3 is 6.18 Å². The van der Waals surface area contributed by atoms with Crippen molar-refractivity contribution >= 4 is 11.6 Å². The molecular weight excluding hydrogens is 325 g/mol. The van der Waals surface area contributed by atoms with Crippen LogP contribution in [0.1, 0.15) is 49.8 Å².